The molecule has 0 saturated heterocycles. The third-order valence-corrected chi connectivity index (χ3v) is 3.77. The lowest BCUT2D eigenvalue weighted by Crippen LogP contribution is -2.07. The van der Waals surface area contributed by atoms with Gasteiger partial charge in [-0.15, -0.1) is 0 Å². The zero-order valence-corrected chi connectivity index (χ0v) is 12.0. The van der Waals surface area contributed by atoms with Gasteiger partial charge < -0.3 is 10.1 Å². The average Bonchev–Trinajstić information content (AvgIpc) is 2.54. The fourth-order valence-corrected chi connectivity index (χ4v) is 2.66. The number of hydrogen-bond donors (Lipinski definition) is 1. The minimum absolute atomic E-state index is 0.0436. The number of benzene rings is 1. The summed E-state index contributed by atoms with van der Waals surface area (Å²) in [4.78, 5) is 7.89. The van der Waals surface area contributed by atoms with Crippen molar-refractivity contribution in [2.24, 2.45) is 0 Å². The van der Waals surface area contributed by atoms with Crippen LogP contribution in [0.5, 0.6) is 5.88 Å². The first-order valence-electron chi connectivity index (χ1n) is 7.17. The highest BCUT2D eigenvalue weighted by atomic mass is 19.1. The second-order valence-corrected chi connectivity index (χ2v) is 5.21. The van der Waals surface area contributed by atoms with Crippen LogP contribution >= 0.6 is 0 Å². The van der Waals surface area contributed by atoms with E-state index in [1.54, 1.807) is 0 Å². The number of hydrogen-bond acceptors (Lipinski definition) is 4. The number of halogens is 1. The van der Waals surface area contributed by atoms with Gasteiger partial charge in [-0.25, -0.2) is 4.98 Å². The number of fused-ring (bicyclic) bond motifs is 1. The van der Waals surface area contributed by atoms with E-state index in [0.29, 0.717) is 12.5 Å². The van der Waals surface area contributed by atoms with E-state index in [-0.39, 0.29) is 5.88 Å². The Balaban J connectivity index is 1.70. The maximum absolute atomic E-state index is 13.2. The van der Waals surface area contributed by atoms with Gasteiger partial charge in [0.1, 0.15) is 0 Å². The first kappa shape index (κ1) is 13.8. The van der Waals surface area contributed by atoms with Crippen molar-refractivity contribution in [3.8, 4) is 5.88 Å². The van der Waals surface area contributed by atoms with Gasteiger partial charge in [0.15, 0.2) is 0 Å². The molecule has 3 rings (SSSR count). The third-order valence-electron chi connectivity index (χ3n) is 3.77. The smallest absolute Gasteiger partial charge is 0.255 e. The molecule has 0 bridgehead atoms. The molecule has 1 heterocycles. The quantitative estimate of drug-likeness (QED) is 0.938. The Morgan fingerprint density at radius 1 is 1.24 bits per heavy atom. The monoisotopic (exact) mass is 287 g/mol. The molecular formula is C16H18FN3O. The van der Waals surface area contributed by atoms with Crippen molar-refractivity contribution in [1.82, 2.24) is 9.97 Å². The minimum Gasteiger partial charge on any atom is -0.479 e. The Morgan fingerprint density at radius 3 is 2.86 bits per heavy atom. The molecule has 1 aromatic heterocycles. The maximum atomic E-state index is 13.2. The van der Waals surface area contributed by atoms with Gasteiger partial charge in [-0.05, 0) is 42.4 Å². The summed E-state index contributed by atoms with van der Waals surface area (Å²) in [5, 5.41) is 3.10. The predicted molar refractivity (Wildman–Crippen MR) is 79.0 cm³/mol. The zero-order chi connectivity index (χ0) is 14.7. The second-order valence-electron chi connectivity index (χ2n) is 5.21. The van der Waals surface area contributed by atoms with Gasteiger partial charge in [0.25, 0.3) is 5.88 Å². The Labute approximate surface area is 123 Å². The summed E-state index contributed by atoms with van der Waals surface area (Å²) in [6.07, 6.45) is 6.00. The largest absolute Gasteiger partial charge is 0.479 e. The van der Waals surface area contributed by atoms with Crippen molar-refractivity contribution in [3.05, 3.63) is 46.9 Å². The summed E-state index contributed by atoms with van der Waals surface area (Å²) in [6.45, 7) is 0.613. The highest BCUT2D eigenvalue weighted by Gasteiger charge is 2.10. The first-order valence-corrected chi connectivity index (χ1v) is 7.17. The van der Waals surface area contributed by atoms with Crippen LogP contribution in [-0.2, 0) is 19.4 Å². The molecular weight excluding hydrogens is 269 g/mol. The fraction of sp³-hybridized carbons (Fsp3) is 0.375. The Bertz CT molecular complexity index is 645. The summed E-state index contributed by atoms with van der Waals surface area (Å²) in [5.74, 6) is -0.235. The molecule has 1 aliphatic carbocycles. The molecule has 0 aliphatic heterocycles. The van der Waals surface area contributed by atoms with E-state index in [4.69, 9.17) is 4.74 Å². The van der Waals surface area contributed by atoms with Gasteiger partial charge >= 0.3 is 0 Å². The number of nitrogens with zero attached hydrogens (tertiary/aromatic N) is 2. The molecule has 1 aromatic carbocycles. The van der Waals surface area contributed by atoms with E-state index in [1.807, 2.05) is 0 Å². The van der Waals surface area contributed by atoms with Crippen LogP contribution in [0.3, 0.4) is 0 Å². The predicted octanol–water partition coefficient (Wildman–Crippen LogP) is 3.12. The molecule has 21 heavy (non-hydrogen) atoms. The molecule has 0 saturated carbocycles. The van der Waals surface area contributed by atoms with E-state index in [0.717, 1.165) is 12.6 Å². The van der Waals surface area contributed by atoms with E-state index in [2.05, 4.69) is 33.5 Å². The average molecular weight is 287 g/mol. The van der Waals surface area contributed by atoms with Gasteiger partial charge in [0.05, 0.1) is 13.3 Å². The number of aromatic nitrogens is 2. The molecule has 0 spiro atoms. The van der Waals surface area contributed by atoms with E-state index >= 15 is 0 Å². The number of anilines is 1. The Hall–Kier alpha value is -2.17. The maximum Gasteiger partial charge on any atom is 0.255 e. The molecule has 0 unspecified atom stereocenters. The molecule has 0 radical (unpaired) electrons. The van der Waals surface area contributed by atoms with Gasteiger partial charge in [-0.3, -0.25) is 0 Å². The number of aryl methyl sites for hydroxylation is 2. The van der Waals surface area contributed by atoms with Crippen LogP contribution in [0, 0.1) is 5.82 Å². The molecule has 1 N–H and O–H groups in total. The normalized spacial score (nSPS) is 13.6. The van der Waals surface area contributed by atoms with Gasteiger partial charge in [0.2, 0.25) is 11.8 Å². The summed E-state index contributed by atoms with van der Waals surface area (Å²) >= 11 is 0. The summed E-state index contributed by atoms with van der Waals surface area (Å²) < 4.78 is 18.1. The fourth-order valence-electron chi connectivity index (χ4n) is 2.66. The molecule has 0 amide bonds. The topological polar surface area (TPSA) is 47.0 Å². The van der Waals surface area contributed by atoms with Crippen molar-refractivity contribution in [2.75, 3.05) is 12.4 Å². The van der Waals surface area contributed by atoms with Gasteiger partial charge in [0, 0.05) is 6.54 Å². The molecule has 1 aliphatic rings. The minimum atomic E-state index is -0.558. The molecule has 0 atom stereocenters. The summed E-state index contributed by atoms with van der Waals surface area (Å²) in [6, 6.07) is 6.57. The lowest BCUT2D eigenvalue weighted by molar-refractivity contribution is 0.368. The van der Waals surface area contributed by atoms with Crippen molar-refractivity contribution in [3.63, 3.8) is 0 Å². The van der Waals surface area contributed by atoms with E-state index in [1.165, 1.54) is 43.1 Å². The number of ether oxygens (including phenoxy) is 1. The molecule has 110 valence electrons. The van der Waals surface area contributed by atoms with Gasteiger partial charge in [-0.1, -0.05) is 18.2 Å². The second kappa shape index (κ2) is 6.08. The first-order chi connectivity index (χ1) is 10.3. The van der Waals surface area contributed by atoms with Crippen LogP contribution < -0.4 is 10.1 Å². The lowest BCUT2D eigenvalue weighted by Gasteiger charge is -2.16. The number of methoxy groups -OCH3 is 1. The van der Waals surface area contributed by atoms with Crippen molar-refractivity contribution < 1.29 is 9.13 Å². The summed E-state index contributed by atoms with van der Waals surface area (Å²) in [5.41, 5.74) is 4.09. The Kier molecular flexibility index (Phi) is 3.99. The van der Waals surface area contributed by atoms with E-state index < -0.39 is 5.82 Å². The van der Waals surface area contributed by atoms with Crippen LogP contribution in [0.2, 0.25) is 0 Å². The SMILES string of the molecule is COc1nc(NCc2ccc3c(c2)CCCC3)ncc1F. The molecule has 2 aromatic rings. The van der Waals surface area contributed by atoms with Crippen LogP contribution in [0.4, 0.5) is 10.3 Å². The third kappa shape index (κ3) is 3.12. The van der Waals surface area contributed by atoms with Crippen LogP contribution in [0.1, 0.15) is 29.5 Å². The molecule has 5 heteroatoms. The van der Waals surface area contributed by atoms with Crippen LogP contribution in [0.15, 0.2) is 24.4 Å². The Morgan fingerprint density at radius 2 is 2.05 bits per heavy atom. The van der Waals surface area contributed by atoms with Gasteiger partial charge in [-0.2, -0.15) is 9.37 Å². The molecule has 0 fully saturated rings. The van der Waals surface area contributed by atoms with E-state index in [9.17, 15) is 4.39 Å². The zero-order valence-electron chi connectivity index (χ0n) is 12.0. The number of nitrogens with one attached hydrogen (secondary N) is 1. The number of rotatable bonds is 4. The van der Waals surface area contributed by atoms with Crippen LogP contribution in [-0.4, -0.2) is 17.1 Å². The highest BCUT2D eigenvalue weighted by molar-refractivity contribution is 5.36. The van der Waals surface area contributed by atoms with Crippen molar-refractivity contribution >= 4 is 5.95 Å². The van der Waals surface area contributed by atoms with Crippen LogP contribution in [0.25, 0.3) is 0 Å². The lowest BCUT2D eigenvalue weighted by atomic mass is 9.90. The molecule has 4 nitrogen and oxygen atoms in total. The van der Waals surface area contributed by atoms with Crippen molar-refractivity contribution in [2.45, 2.75) is 32.2 Å². The van der Waals surface area contributed by atoms with Crippen molar-refractivity contribution in [1.29, 1.82) is 0 Å². The highest BCUT2D eigenvalue weighted by Crippen LogP contribution is 2.22. The summed E-state index contributed by atoms with van der Waals surface area (Å²) in [7, 11) is 1.39. The standard InChI is InChI=1S/C16H18FN3O/c1-21-15-14(17)10-19-16(20-15)18-9-11-6-7-12-4-2-3-5-13(12)8-11/h6-8,10H,2-5,9H2,1H3,(H,18,19,20).